The Balaban J connectivity index is 2.54. The molecule has 1 nitrogen and oxygen atoms in total. The van der Waals surface area contributed by atoms with E-state index in [4.69, 9.17) is 5.73 Å². The third kappa shape index (κ3) is 4.48. The summed E-state index contributed by atoms with van der Waals surface area (Å²) >= 11 is 3.53. The minimum atomic E-state index is 0.134. The molecule has 0 rings (SSSR count). The number of rotatable bonds is 1. The molecule has 1 unspecified atom stereocenters. The van der Waals surface area contributed by atoms with Gasteiger partial charge in [0.25, 0.3) is 0 Å². The molecule has 33 valence electrons. The molecule has 0 bridgehead atoms. The SMILES string of the molecule is CC[CH](N)[Fe]. The summed E-state index contributed by atoms with van der Waals surface area (Å²) in [5, 5.41) is 0. The Labute approximate surface area is 40.7 Å². The van der Waals surface area contributed by atoms with Gasteiger partial charge in [0, 0.05) is 0 Å². The van der Waals surface area contributed by atoms with Gasteiger partial charge in [-0.15, -0.1) is 0 Å². The zero-order valence-electron chi connectivity index (χ0n) is 3.22. The van der Waals surface area contributed by atoms with E-state index in [1.54, 1.807) is 0 Å². The zero-order valence-corrected chi connectivity index (χ0v) is 4.32. The summed E-state index contributed by atoms with van der Waals surface area (Å²) in [5.74, 6) is 0. The van der Waals surface area contributed by atoms with Gasteiger partial charge in [-0.25, -0.2) is 0 Å². The van der Waals surface area contributed by atoms with Crippen LogP contribution in [0.1, 0.15) is 13.3 Å². The molecular weight excluding hydrogens is 106 g/mol. The Kier molecular flexibility index (Phi) is 2.96. The number of hydrogen-bond acceptors (Lipinski definition) is 1. The Morgan fingerprint density at radius 2 is 2.20 bits per heavy atom. The molecule has 0 aliphatic heterocycles. The van der Waals surface area contributed by atoms with Crippen molar-refractivity contribution in [3.8, 4) is 0 Å². The standard InChI is InChI=1S/C3H8N.Fe/c1-2-3-4;/h3H,2,4H2,1H3;. The summed E-state index contributed by atoms with van der Waals surface area (Å²) in [5.41, 5.74) is 5.18. The molecule has 0 fully saturated rings. The second-order valence-electron chi connectivity index (χ2n) is 0.906. The van der Waals surface area contributed by atoms with Crippen molar-refractivity contribution >= 4 is 0 Å². The van der Waals surface area contributed by atoms with Crippen LogP contribution in [0.25, 0.3) is 0 Å². The molecule has 0 amide bonds. The minimum absolute atomic E-state index is 0.134. The van der Waals surface area contributed by atoms with Crippen LogP contribution in [0.2, 0.25) is 0 Å². The molecule has 2 N–H and O–H groups in total. The molecular formula is C3H8FeN. The summed E-state index contributed by atoms with van der Waals surface area (Å²) in [6.45, 7) is 2.01. The molecule has 0 spiro atoms. The number of hydrogen-bond donors (Lipinski definition) is 1. The van der Waals surface area contributed by atoms with Crippen LogP contribution in [-0.2, 0) is 16.0 Å². The fourth-order valence-electron chi connectivity index (χ4n) is 0. The molecule has 0 aromatic carbocycles. The van der Waals surface area contributed by atoms with E-state index < -0.39 is 0 Å². The van der Waals surface area contributed by atoms with Gasteiger partial charge in [-0.05, 0) is 0 Å². The van der Waals surface area contributed by atoms with E-state index in [1.807, 2.05) is 6.92 Å². The van der Waals surface area contributed by atoms with E-state index in [-0.39, 0.29) is 4.94 Å². The van der Waals surface area contributed by atoms with Gasteiger partial charge in [0.15, 0.2) is 0 Å². The monoisotopic (exact) mass is 114 g/mol. The van der Waals surface area contributed by atoms with Crippen molar-refractivity contribution in [2.45, 2.75) is 18.3 Å². The van der Waals surface area contributed by atoms with Gasteiger partial charge in [0.05, 0.1) is 0 Å². The van der Waals surface area contributed by atoms with Gasteiger partial charge >= 0.3 is 40.0 Å². The predicted molar refractivity (Wildman–Crippen MR) is 18.3 cm³/mol. The number of nitrogens with two attached hydrogens (primary N) is 1. The molecule has 0 radical (unpaired) electrons. The first-order chi connectivity index (χ1) is 2.27. The average Bonchev–Trinajstić information content (AvgIpc) is 1.38. The fraction of sp³-hybridized carbons (Fsp3) is 1.00. The van der Waals surface area contributed by atoms with Gasteiger partial charge < -0.3 is 0 Å². The van der Waals surface area contributed by atoms with Crippen LogP contribution in [0.4, 0.5) is 0 Å². The normalized spacial score (nSPS) is 15.0. The Bertz CT molecular complexity index is 20.9. The van der Waals surface area contributed by atoms with Crippen molar-refractivity contribution in [2.75, 3.05) is 0 Å². The van der Waals surface area contributed by atoms with E-state index in [1.165, 1.54) is 0 Å². The molecule has 5 heavy (non-hydrogen) atoms. The van der Waals surface area contributed by atoms with Crippen LogP contribution in [0.15, 0.2) is 0 Å². The van der Waals surface area contributed by atoms with E-state index in [0.29, 0.717) is 0 Å². The van der Waals surface area contributed by atoms with Crippen LogP contribution >= 0.6 is 0 Å². The average molecular weight is 114 g/mol. The first kappa shape index (κ1) is 5.48. The quantitative estimate of drug-likeness (QED) is 0.485. The third-order valence-corrected chi connectivity index (χ3v) is 0.831. The van der Waals surface area contributed by atoms with E-state index in [2.05, 4.69) is 16.0 Å². The Hall–Kier alpha value is 0.479. The summed E-state index contributed by atoms with van der Waals surface area (Å²) in [7, 11) is 0. The van der Waals surface area contributed by atoms with Crippen LogP contribution in [0, 0.1) is 0 Å². The second-order valence-corrected chi connectivity index (χ2v) is 1.72. The summed E-state index contributed by atoms with van der Waals surface area (Å²) in [4.78, 5) is 0.134. The van der Waals surface area contributed by atoms with Crippen molar-refractivity contribution in [3.05, 3.63) is 0 Å². The molecule has 0 aromatic heterocycles. The maximum atomic E-state index is 5.18. The molecule has 2 heteroatoms. The summed E-state index contributed by atoms with van der Waals surface area (Å²) in [6, 6.07) is 0. The van der Waals surface area contributed by atoms with Gasteiger partial charge in [-0.3, -0.25) is 0 Å². The van der Waals surface area contributed by atoms with E-state index in [0.717, 1.165) is 6.42 Å². The Morgan fingerprint density at radius 1 is 2.00 bits per heavy atom. The Morgan fingerprint density at radius 3 is 2.20 bits per heavy atom. The van der Waals surface area contributed by atoms with Gasteiger partial charge in [0.1, 0.15) is 0 Å². The summed E-state index contributed by atoms with van der Waals surface area (Å²) in [6.07, 6.45) is 0.972. The van der Waals surface area contributed by atoms with Gasteiger partial charge in [0.2, 0.25) is 0 Å². The summed E-state index contributed by atoms with van der Waals surface area (Å²) < 4.78 is 0. The molecule has 0 heterocycles. The van der Waals surface area contributed by atoms with Crippen molar-refractivity contribution in [1.29, 1.82) is 0 Å². The van der Waals surface area contributed by atoms with E-state index >= 15 is 0 Å². The van der Waals surface area contributed by atoms with Crippen LogP contribution in [0.5, 0.6) is 0 Å². The van der Waals surface area contributed by atoms with Gasteiger partial charge in [-0.2, -0.15) is 0 Å². The van der Waals surface area contributed by atoms with Crippen molar-refractivity contribution in [2.24, 2.45) is 5.73 Å². The first-order valence-electron chi connectivity index (χ1n) is 1.65. The first-order valence-corrected chi connectivity index (χ1v) is 2.29. The molecule has 1 atom stereocenters. The van der Waals surface area contributed by atoms with Crippen LogP contribution in [-0.4, -0.2) is 4.94 Å². The van der Waals surface area contributed by atoms with Crippen LogP contribution in [0.3, 0.4) is 0 Å². The van der Waals surface area contributed by atoms with E-state index in [9.17, 15) is 0 Å². The fourth-order valence-corrected chi connectivity index (χ4v) is 0. The predicted octanol–water partition coefficient (Wildman–Crippen LogP) is 0.228. The van der Waals surface area contributed by atoms with Crippen LogP contribution < -0.4 is 5.73 Å². The molecule has 0 aromatic rings. The van der Waals surface area contributed by atoms with Crippen molar-refractivity contribution < 1.29 is 16.0 Å². The molecule has 0 saturated heterocycles. The zero-order chi connectivity index (χ0) is 4.28. The third-order valence-electron chi connectivity index (χ3n) is 0.380. The molecule has 0 aliphatic carbocycles. The van der Waals surface area contributed by atoms with Crippen molar-refractivity contribution in [3.63, 3.8) is 0 Å². The van der Waals surface area contributed by atoms with Crippen molar-refractivity contribution in [1.82, 2.24) is 0 Å². The topological polar surface area (TPSA) is 26.0 Å². The maximum absolute atomic E-state index is 5.18. The molecule has 0 aliphatic rings. The van der Waals surface area contributed by atoms with Gasteiger partial charge in [-0.1, -0.05) is 0 Å². The second kappa shape index (κ2) is 2.70. The molecule has 0 saturated carbocycles.